The Morgan fingerprint density at radius 1 is 0.870 bits per heavy atom. The first kappa shape index (κ1) is 18.2. The molecular weight excluding hydrogens is 315 g/mol. The number of fused-ring (bicyclic) bond motifs is 1. The van der Waals surface area contributed by atoms with Crippen molar-refractivity contribution < 1.29 is 24.0 Å². The van der Waals surface area contributed by atoms with Gasteiger partial charge in [-0.05, 0) is 59.1 Å². The molecule has 0 aliphatic carbocycles. The summed E-state index contributed by atoms with van der Waals surface area (Å²) in [4.78, 5) is 21.0. The maximum Gasteiger partial charge on any atom is 0.771 e. The van der Waals surface area contributed by atoms with Crippen molar-refractivity contribution in [1.82, 2.24) is 0 Å². The van der Waals surface area contributed by atoms with Crippen LogP contribution in [0, 0.1) is 0 Å². The zero-order chi connectivity index (χ0) is 17.1. The zero-order valence-electron chi connectivity index (χ0n) is 14.4. The highest BCUT2D eigenvalue weighted by atomic mass is 32.1. The van der Waals surface area contributed by atoms with Gasteiger partial charge in [0.25, 0.3) is 0 Å². The van der Waals surface area contributed by atoms with Gasteiger partial charge in [-0.1, -0.05) is 18.2 Å². The highest BCUT2D eigenvalue weighted by Gasteiger charge is 2.33. The van der Waals surface area contributed by atoms with E-state index in [1.54, 1.807) is 0 Å². The zero-order valence-corrected chi connectivity index (χ0v) is 15.2. The van der Waals surface area contributed by atoms with E-state index >= 15 is 0 Å². The Balaban J connectivity index is 2.05. The Kier molecular flexibility index (Phi) is 5.70. The number of hydrogen-bond donors (Lipinski definition) is 0. The van der Waals surface area contributed by atoms with Gasteiger partial charge >= 0.3 is 7.32 Å². The molecule has 1 aromatic carbocycles. The SMILES string of the molecule is CC(C)(C)OOB(OOC(C)(C)C)Oc1cc2ccccc2s1. The highest BCUT2D eigenvalue weighted by Crippen LogP contribution is 2.32. The van der Waals surface area contributed by atoms with Gasteiger partial charge in [0.15, 0.2) is 5.06 Å². The van der Waals surface area contributed by atoms with Gasteiger partial charge in [-0.2, -0.15) is 0 Å². The average molecular weight is 338 g/mol. The van der Waals surface area contributed by atoms with Gasteiger partial charge in [0.2, 0.25) is 0 Å². The molecule has 0 N–H and O–H groups in total. The number of hydrogen-bond acceptors (Lipinski definition) is 6. The molecule has 0 spiro atoms. The fourth-order valence-corrected chi connectivity index (χ4v) is 2.45. The van der Waals surface area contributed by atoms with Gasteiger partial charge in [0.1, 0.15) is 0 Å². The molecule has 0 aliphatic rings. The largest absolute Gasteiger partial charge is 0.771 e. The first-order valence-corrected chi connectivity index (χ1v) is 8.28. The average Bonchev–Trinajstić information content (AvgIpc) is 2.82. The third-order valence-corrected chi connectivity index (χ3v) is 3.38. The lowest BCUT2D eigenvalue weighted by Gasteiger charge is -2.23. The Hall–Kier alpha value is -1.12. The van der Waals surface area contributed by atoms with Crippen LogP contribution >= 0.6 is 11.3 Å². The van der Waals surface area contributed by atoms with E-state index in [1.165, 1.54) is 11.3 Å². The molecule has 0 saturated carbocycles. The maximum absolute atomic E-state index is 5.71. The molecule has 2 aromatic rings. The molecule has 2 rings (SSSR count). The predicted molar refractivity (Wildman–Crippen MR) is 92.1 cm³/mol. The molecule has 0 radical (unpaired) electrons. The Morgan fingerprint density at radius 2 is 1.43 bits per heavy atom. The third kappa shape index (κ3) is 6.49. The third-order valence-electron chi connectivity index (χ3n) is 2.37. The van der Waals surface area contributed by atoms with Crippen LogP contribution in [0.2, 0.25) is 0 Å². The van der Waals surface area contributed by atoms with Crippen molar-refractivity contribution in [1.29, 1.82) is 0 Å². The predicted octanol–water partition coefficient (Wildman–Crippen LogP) is 4.76. The number of rotatable bonds is 6. The van der Waals surface area contributed by atoms with Crippen molar-refractivity contribution in [3.05, 3.63) is 30.3 Å². The Labute approximate surface area is 141 Å². The fraction of sp³-hybridized carbons (Fsp3) is 0.500. The second-order valence-electron chi connectivity index (χ2n) is 7.09. The van der Waals surface area contributed by atoms with Gasteiger partial charge in [-0.15, -0.1) is 11.3 Å². The lowest BCUT2D eigenvalue weighted by molar-refractivity contribution is -0.350. The van der Waals surface area contributed by atoms with Crippen LogP contribution in [-0.2, 0) is 19.4 Å². The maximum atomic E-state index is 5.71. The summed E-state index contributed by atoms with van der Waals surface area (Å²) in [6.07, 6.45) is 0. The molecule has 7 heteroatoms. The molecule has 1 heterocycles. The van der Waals surface area contributed by atoms with Crippen LogP contribution in [-0.4, -0.2) is 18.5 Å². The van der Waals surface area contributed by atoms with Crippen molar-refractivity contribution in [3.63, 3.8) is 0 Å². The molecule has 0 saturated heterocycles. The van der Waals surface area contributed by atoms with Gasteiger partial charge in [0, 0.05) is 4.70 Å². The second kappa shape index (κ2) is 7.19. The van der Waals surface area contributed by atoms with Crippen molar-refractivity contribution >= 4 is 28.7 Å². The summed E-state index contributed by atoms with van der Waals surface area (Å²) in [5, 5.41) is 1.76. The van der Waals surface area contributed by atoms with Gasteiger partial charge in [-0.25, -0.2) is 19.4 Å². The smallest absolute Gasteiger partial charge is 0.501 e. The van der Waals surface area contributed by atoms with Crippen LogP contribution < -0.4 is 4.65 Å². The van der Waals surface area contributed by atoms with Crippen LogP contribution in [0.15, 0.2) is 30.3 Å². The first-order chi connectivity index (χ1) is 10.6. The second-order valence-corrected chi connectivity index (χ2v) is 8.14. The van der Waals surface area contributed by atoms with E-state index in [1.807, 2.05) is 71.9 Å². The van der Waals surface area contributed by atoms with Crippen LogP contribution in [0.3, 0.4) is 0 Å². The summed E-state index contributed by atoms with van der Waals surface area (Å²) >= 11 is 1.50. The minimum Gasteiger partial charge on any atom is -0.501 e. The minimum atomic E-state index is -1.12. The van der Waals surface area contributed by atoms with E-state index in [9.17, 15) is 0 Å². The number of benzene rings is 1. The van der Waals surface area contributed by atoms with Crippen molar-refractivity contribution in [2.75, 3.05) is 0 Å². The minimum absolute atomic E-state index is 0.493. The molecular formula is C16H23BO5S. The van der Waals surface area contributed by atoms with E-state index < -0.39 is 18.5 Å². The van der Waals surface area contributed by atoms with E-state index in [2.05, 4.69) is 0 Å². The topological polar surface area (TPSA) is 46.2 Å². The first-order valence-electron chi connectivity index (χ1n) is 7.47. The van der Waals surface area contributed by atoms with Crippen LogP contribution in [0.1, 0.15) is 41.5 Å². The van der Waals surface area contributed by atoms with Crippen LogP contribution in [0.4, 0.5) is 0 Å². The monoisotopic (exact) mass is 338 g/mol. The van der Waals surface area contributed by atoms with Crippen LogP contribution in [0.25, 0.3) is 10.1 Å². The lowest BCUT2D eigenvalue weighted by atomic mass is 10.2. The molecule has 23 heavy (non-hydrogen) atoms. The highest BCUT2D eigenvalue weighted by molar-refractivity contribution is 7.20. The van der Waals surface area contributed by atoms with E-state index in [4.69, 9.17) is 24.0 Å². The van der Waals surface area contributed by atoms with E-state index in [-0.39, 0.29) is 0 Å². The molecule has 0 unspecified atom stereocenters. The molecule has 126 valence electrons. The van der Waals surface area contributed by atoms with Crippen molar-refractivity contribution in [2.45, 2.75) is 52.7 Å². The van der Waals surface area contributed by atoms with Crippen molar-refractivity contribution in [2.24, 2.45) is 0 Å². The summed E-state index contributed by atoms with van der Waals surface area (Å²) in [7, 11) is -1.12. The summed E-state index contributed by atoms with van der Waals surface area (Å²) in [5.41, 5.74) is -0.986. The summed E-state index contributed by atoms with van der Waals surface area (Å²) in [6, 6.07) is 9.94. The summed E-state index contributed by atoms with van der Waals surface area (Å²) < 4.78 is 6.83. The molecule has 0 aliphatic heterocycles. The Bertz CT molecular complexity index is 578. The molecule has 5 nitrogen and oxygen atoms in total. The summed E-state index contributed by atoms with van der Waals surface area (Å²) in [6.45, 7) is 11.2. The van der Waals surface area contributed by atoms with Crippen molar-refractivity contribution in [3.8, 4) is 5.06 Å². The Morgan fingerprint density at radius 3 is 1.96 bits per heavy atom. The lowest BCUT2D eigenvalue weighted by Crippen LogP contribution is -2.36. The molecule has 0 amide bonds. The van der Waals surface area contributed by atoms with E-state index in [0.717, 1.165) is 10.1 Å². The molecule has 1 aromatic heterocycles. The standard InChI is InChI=1S/C16H23BO5S/c1-15(2,3)19-21-17(22-20-16(4,5)6)18-14-11-12-9-7-8-10-13(12)23-14/h7-11H,1-6H3. The van der Waals surface area contributed by atoms with Gasteiger partial charge in [0.05, 0.1) is 11.2 Å². The summed E-state index contributed by atoms with van der Waals surface area (Å²) in [5.74, 6) is 0. The van der Waals surface area contributed by atoms with E-state index in [0.29, 0.717) is 5.06 Å². The molecule has 0 atom stereocenters. The van der Waals surface area contributed by atoms with Crippen LogP contribution in [0.5, 0.6) is 5.06 Å². The normalized spacial score (nSPS) is 12.6. The van der Waals surface area contributed by atoms with Gasteiger partial charge < -0.3 is 4.65 Å². The number of thiophene rings is 1. The fourth-order valence-electron chi connectivity index (χ4n) is 1.53. The quantitative estimate of drug-likeness (QED) is 0.432. The molecule has 0 bridgehead atoms. The molecule has 0 fully saturated rings. The van der Waals surface area contributed by atoms with Gasteiger partial charge in [-0.3, -0.25) is 0 Å².